The van der Waals surface area contributed by atoms with Crippen LogP contribution in [0.15, 0.2) is 30.3 Å². The van der Waals surface area contributed by atoms with Crippen LogP contribution in [-0.2, 0) is 0 Å². The Morgan fingerprint density at radius 3 is 2.53 bits per heavy atom. The van der Waals surface area contributed by atoms with E-state index < -0.39 is 0 Å². The van der Waals surface area contributed by atoms with Crippen molar-refractivity contribution in [3.8, 4) is 0 Å². The topological polar surface area (TPSA) is 40.5 Å². The molecule has 3 heteroatoms. The van der Waals surface area contributed by atoms with Gasteiger partial charge < -0.3 is 5.11 Å². The molecular weight excluding hydrogens is 238 g/mol. The van der Waals surface area contributed by atoms with E-state index in [-0.39, 0.29) is 18.4 Å². The fraction of sp³-hybridized carbons (Fsp3) is 0.562. The second-order valence-electron chi connectivity index (χ2n) is 5.20. The molecule has 1 N–H and O–H groups in total. The van der Waals surface area contributed by atoms with Crippen LogP contribution in [0.1, 0.15) is 43.0 Å². The minimum absolute atomic E-state index is 0.0974. The molecule has 1 aromatic rings. The number of benzene rings is 1. The van der Waals surface area contributed by atoms with Crippen LogP contribution in [0.25, 0.3) is 0 Å². The predicted octanol–water partition coefficient (Wildman–Crippen LogP) is 2.49. The van der Waals surface area contributed by atoms with Gasteiger partial charge in [0, 0.05) is 18.2 Å². The number of hydrogen-bond acceptors (Lipinski definition) is 3. The fourth-order valence-corrected chi connectivity index (χ4v) is 2.79. The molecule has 1 aromatic carbocycles. The summed E-state index contributed by atoms with van der Waals surface area (Å²) in [5, 5.41) is 9.25. The summed E-state index contributed by atoms with van der Waals surface area (Å²) in [5.74, 6) is 0.184. The molecule has 0 amide bonds. The van der Waals surface area contributed by atoms with Gasteiger partial charge in [-0.3, -0.25) is 9.69 Å². The number of nitrogens with zero attached hydrogens (tertiary/aromatic N) is 1. The van der Waals surface area contributed by atoms with Crippen LogP contribution >= 0.6 is 0 Å². The number of rotatable bonds is 7. The Hall–Kier alpha value is -1.19. The molecule has 0 bridgehead atoms. The van der Waals surface area contributed by atoms with E-state index in [1.54, 1.807) is 0 Å². The molecule has 104 valence electrons. The molecule has 3 nitrogen and oxygen atoms in total. The summed E-state index contributed by atoms with van der Waals surface area (Å²) in [6, 6.07) is 9.87. The zero-order chi connectivity index (χ0) is 13.7. The average molecular weight is 261 g/mol. The lowest BCUT2D eigenvalue weighted by Gasteiger charge is -2.41. The van der Waals surface area contributed by atoms with E-state index in [2.05, 4.69) is 11.8 Å². The number of carbonyl (C=O) groups excluding carboxylic acids is 1. The second-order valence-corrected chi connectivity index (χ2v) is 5.20. The maximum atomic E-state index is 12.6. The van der Waals surface area contributed by atoms with Gasteiger partial charge in [-0.15, -0.1) is 0 Å². The molecule has 0 aromatic heterocycles. The molecule has 1 aliphatic rings. The van der Waals surface area contributed by atoms with Crippen LogP contribution in [0.3, 0.4) is 0 Å². The average Bonchev–Trinajstić information content (AvgIpc) is 2.38. The molecule has 0 saturated heterocycles. The largest absolute Gasteiger partial charge is 0.395 e. The number of aliphatic hydroxyl groups excluding tert-OH is 1. The van der Waals surface area contributed by atoms with E-state index in [0.717, 1.165) is 24.8 Å². The second kappa shape index (κ2) is 6.83. The molecule has 19 heavy (non-hydrogen) atoms. The smallest absolute Gasteiger partial charge is 0.179 e. The van der Waals surface area contributed by atoms with E-state index in [1.807, 2.05) is 30.3 Å². The highest BCUT2D eigenvalue weighted by Gasteiger charge is 2.33. The predicted molar refractivity (Wildman–Crippen MR) is 76.3 cm³/mol. The zero-order valence-corrected chi connectivity index (χ0v) is 11.6. The summed E-state index contributed by atoms with van der Waals surface area (Å²) in [7, 11) is 0. The molecule has 0 heterocycles. The van der Waals surface area contributed by atoms with Gasteiger partial charge in [-0.05, 0) is 19.3 Å². The molecule has 0 radical (unpaired) electrons. The minimum atomic E-state index is -0.0974. The van der Waals surface area contributed by atoms with Gasteiger partial charge in [0.05, 0.1) is 12.6 Å². The first-order chi connectivity index (χ1) is 9.27. The van der Waals surface area contributed by atoms with Crippen molar-refractivity contribution in [2.45, 2.75) is 44.7 Å². The summed E-state index contributed by atoms with van der Waals surface area (Å²) in [6.45, 7) is 2.77. The lowest BCUT2D eigenvalue weighted by Crippen LogP contribution is -2.51. The Kier molecular flexibility index (Phi) is 5.11. The molecule has 0 spiro atoms. The van der Waals surface area contributed by atoms with Crippen molar-refractivity contribution >= 4 is 5.78 Å². The van der Waals surface area contributed by atoms with Crippen molar-refractivity contribution < 1.29 is 9.90 Å². The maximum absolute atomic E-state index is 12.6. The van der Waals surface area contributed by atoms with E-state index in [4.69, 9.17) is 0 Å². The number of ketones is 1. The highest BCUT2D eigenvalue weighted by molar-refractivity contribution is 6.00. The molecular formula is C16H23NO2. The van der Waals surface area contributed by atoms with Gasteiger partial charge in [0.15, 0.2) is 5.78 Å². The maximum Gasteiger partial charge on any atom is 0.179 e. The molecule has 1 fully saturated rings. The minimum Gasteiger partial charge on any atom is -0.395 e. The Morgan fingerprint density at radius 2 is 2.05 bits per heavy atom. The number of Topliss-reactive ketones (excluding diaryl/α,β-unsaturated/α-hetero) is 1. The lowest BCUT2D eigenvalue weighted by atomic mass is 9.88. The van der Waals surface area contributed by atoms with E-state index >= 15 is 0 Å². The van der Waals surface area contributed by atoms with E-state index in [0.29, 0.717) is 12.6 Å². The Bertz CT molecular complexity index is 400. The Labute approximate surface area is 115 Å². The van der Waals surface area contributed by atoms with Crippen LogP contribution in [0.2, 0.25) is 0 Å². The summed E-state index contributed by atoms with van der Waals surface area (Å²) < 4.78 is 0. The van der Waals surface area contributed by atoms with Gasteiger partial charge >= 0.3 is 0 Å². The molecule has 0 aliphatic heterocycles. The molecule has 1 aliphatic carbocycles. The highest BCUT2D eigenvalue weighted by Crippen LogP contribution is 2.28. The van der Waals surface area contributed by atoms with Gasteiger partial charge in [-0.2, -0.15) is 0 Å². The molecule has 1 saturated carbocycles. The van der Waals surface area contributed by atoms with Crippen molar-refractivity contribution in [3.63, 3.8) is 0 Å². The van der Waals surface area contributed by atoms with Crippen molar-refractivity contribution in [1.29, 1.82) is 0 Å². The van der Waals surface area contributed by atoms with Crippen LogP contribution in [0.4, 0.5) is 0 Å². The van der Waals surface area contributed by atoms with Gasteiger partial charge in [0.2, 0.25) is 0 Å². The third-order valence-electron chi connectivity index (χ3n) is 4.05. The van der Waals surface area contributed by atoms with Crippen molar-refractivity contribution in [2.75, 3.05) is 13.2 Å². The van der Waals surface area contributed by atoms with Gasteiger partial charge in [-0.1, -0.05) is 43.7 Å². The summed E-state index contributed by atoms with van der Waals surface area (Å²) >= 11 is 0. The number of carbonyl (C=O) groups is 1. The van der Waals surface area contributed by atoms with Crippen LogP contribution < -0.4 is 0 Å². The van der Waals surface area contributed by atoms with Crippen LogP contribution in [-0.4, -0.2) is 41.0 Å². The molecule has 1 atom stereocenters. The quantitative estimate of drug-likeness (QED) is 0.767. The first-order valence-electron chi connectivity index (χ1n) is 7.23. The third-order valence-corrected chi connectivity index (χ3v) is 4.05. The SMILES string of the molecule is CCC(C(=O)c1ccccc1)N(CCO)C1CCC1. The molecule has 2 rings (SSSR count). The van der Waals surface area contributed by atoms with Crippen molar-refractivity contribution in [3.05, 3.63) is 35.9 Å². The van der Waals surface area contributed by atoms with E-state index in [1.165, 1.54) is 6.42 Å². The van der Waals surface area contributed by atoms with Gasteiger partial charge in [-0.25, -0.2) is 0 Å². The standard InChI is InChI=1S/C16H23NO2/c1-2-15(16(19)13-7-4-3-5-8-13)17(11-12-18)14-9-6-10-14/h3-5,7-8,14-15,18H,2,6,9-12H2,1H3. The fourth-order valence-electron chi connectivity index (χ4n) is 2.79. The van der Waals surface area contributed by atoms with Crippen molar-refractivity contribution in [1.82, 2.24) is 4.90 Å². The molecule has 1 unspecified atom stereocenters. The normalized spacial score (nSPS) is 17.2. The first kappa shape index (κ1) is 14.2. The van der Waals surface area contributed by atoms with Gasteiger partial charge in [0.25, 0.3) is 0 Å². The summed E-state index contributed by atoms with van der Waals surface area (Å²) in [6.07, 6.45) is 4.34. The third kappa shape index (κ3) is 3.23. The summed E-state index contributed by atoms with van der Waals surface area (Å²) in [4.78, 5) is 14.8. The highest BCUT2D eigenvalue weighted by atomic mass is 16.3. The Balaban J connectivity index is 2.14. The zero-order valence-electron chi connectivity index (χ0n) is 11.6. The number of aliphatic hydroxyl groups is 1. The Morgan fingerprint density at radius 1 is 1.37 bits per heavy atom. The van der Waals surface area contributed by atoms with Gasteiger partial charge in [0.1, 0.15) is 0 Å². The monoisotopic (exact) mass is 261 g/mol. The first-order valence-corrected chi connectivity index (χ1v) is 7.23. The van der Waals surface area contributed by atoms with Crippen molar-refractivity contribution in [2.24, 2.45) is 0 Å². The number of hydrogen-bond donors (Lipinski definition) is 1. The van der Waals surface area contributed by atoms with E-state index in [9.17, 15) is 9.90 Å². The van der Waals surface area contributed by atoms with Crippen LogP contribution in [0.5, 0.6) is 0 Å². The lowest BCUT2D eigenvalue weighted by molar-refractivity contribution is 0.0472. The summed E-state index contributed by atoms with van der Waals surface area (Å²) in [5.41, 5.74) is 0.775. The van der Waals surface area contributed by atoms with Crippen LogP contribution in [0, 0.1) is 0 Å².